The van der Waals surface area contributed by atoms with Gasteiger partial charge in [-0.15, -0.1) is 0 Å². The molecule has 92 valence electrons. The van der Waals surface area contributed by atoms with Gasteiger partial charge in [-0.3, -0.25) is 14.5 Å². The number of aromatic nitrogens is 1. The van der Waals surface area contributed by atoms with Crippen LogP contribution in [0.4, 0.5) is 5.82 Å². The fourth-order valence-electron chi connectivity index (χ4n) is 2.36. The maximum absolute atomic E-state index is 11.9. The Morgan fingerprint density at radius 2 is 2.35 bits per heavy atom. The summed E-state index contributed by atoms with van der Waals surface area (Å²) in [7, 11) is 0. The van der Waals surface area contributed by atoms with E-state index in [0.29, 0.717) is 5.82 Å². The van der Waals surface area contributed by atoms with Crippen LogP contribution >= 0.6 is 0 Å². The number of carbonyl (C=O) groups excluding carboxylic acids is 1. The number of nitrogens with zero attached hydrogens (tertiary/aromatic N) is 2. The van der Waals surface area contributed by atoms with Crippen LogP contribution in [-0.2, 0) is 9.59 Å². The van der Waals surface area contributed by atoms with E-state index in [4.69, 9.17) is 9.63 Å². The third-order valence-electron chi connectivity index (χ3n) is 3.04. The van der Waals surface area contributed by atoms with Crippen LogP contribution in [0.25, 0.3) is 0 Å². The molecule has 1 N–H and O–H groups in total. The van der Waals surface area contributed by atoms with Gasteiger partial charge in [0.05, 0.1) is 12.0 Å². The van der Waals surface area contributed by atoms with Crippen LogP contribution in [0.3, 0.4) is 0 Å². The minimum atomic E-state index is -0.942. The molecular formula is C11H14N2O4. The van der Waals surface area contributed by atoms with Gasteiger partial charge in [-0.25, -0.2) is 0 Å². The van der Waals surface area contributed by atoms with Gasteiger partial charge in [0.25, 0.3) is 0 Å². The Kier molecular flexibility index (Phi) is 2.87. The van der Waals surface area contributed by atoms with Gasteiger partial charge < -0.3 is 9.63 Å². The highest BCUT2D eigenvalue weighted by Crippen LogP contribution is 2.34. The lowest BCUT2D eigenvalue weighted by molar-refractivity contribution is -0.142. The van der Waals surface area contributed by atoms with Crippen molar-refractivity contribution in [1.82, 2.24) is 5.16 Å². The number of carbonyl (C=O) groups is 2. The first-order valence-corrected chi connectivity index (χ1v) is 5.47. The number of hydrogen-bond acceptors (Lipinski definition) is 4. The molecule has 1 saturated heterocycles. The number of anilines is 1. The van der Waals surface area contributed by atoms with E-state index in [1.54, 1.807) is 6.07 Å². The summed E-state index contributed by atoms with van der Waals surface area (Å²) in [4.78, 5) is 24.5. The predicted molar refractivity (Wildman–Crippen MR) is 58.4 cm³/mol. The van der Waals surface area contributed by atoms with Crippen molar-refractivity contribution in [3.63, 3.8) is 0 Å². The summed E-state index contributed by atoms with van der Waals surface area (Å²) in [6.07, 6.45) is 1.39. The summed E-state index contributed by atoms with van der Waals surface area (Å²) in [5.74, 6) is -1.41. The highest BCUT2D eigenvalue weighted by atomic mass is 16.5. The minimum Gasteiger partial charge on any atom is -0.481 e. The van der Waals surface area contributed by atoms with Crippen molar-refractivity contribution in [1.29, 1.82) is 0 Å². The number of amides is 1. The van der Waals surface area contributed by atoms with Crippen LogP contribution in [-0.4, -0.2) is 28.2 Å². The zero-order valence-corrected chi connectivity index (χ0v) is 9.66. The third kappa shape index (κ3) is 1.90. The molecule has 2 atom stereocenters. The third-order valence-corrected chi connectivity index (χ3v) is 3.04. The Labute approximate surface area is 98.2 Å². The van der Waals surface area contributed by atoms with E-state index < -0.39 is 11.9 Å². The molecule has 0 aliphatic carbocycles. The fourth-order valence-corrected chi connectivity index (χ4v) is 2.36. The molecule has 2 rings (SSSR count). The van der Waals surface area contributed by atoms with Gasteiger partial charge in [0, 0.05) is 12.5 Å². The molecule has 1 amide bonds. The molecule has 6 heteroatoms. The molecule has 6 nitrogen and oxygen atoms in total. The summed E-state index contributed by atoms with van der Waals surface area (Å²) in [6.45, 7) is 3.79. The highest BCUT2D eigenvalue weighted by Gasteiger charge is 2.46. The summed E-state index contributed by atoms with van der Waals surface area (Å²) < 4.78 is 4.71. The Balaban J connectivity index is 2.37. The first-order chi connectivity index (χ1) is 8.02. The van der Waals surface area contributed by atoms with Crippen molar-refractivity contribution < 1.29 is 19.2 Å². The van der Waals surface area contributed by atoms with E-state index in [2.05, 4.69) is 5.16 Å². The molecule has 2 heterocycles. The lowest BCUT2D eigenvalue weighted by Crippen LogP contribution is -2.41. The van der Waals surface area contributed by atoms with Crippen LogP contribution in [0.5, 0.6) is 0 Å². The number of rotatable bonds is 3. The van der Waals surface area contributed by atoms with E-state index in [1.807, 2.05) is 13.8 Å². The van der Waals surface area contributed by atoms with E-state index in [1.165, 1.54) is 11.2 Å². The second-order valence-corrected chi connectivity index (χ2v) is 4.50. The van der Waals surface area contributed by atoms with Crippen LogP contribution in [0.15, 0.2) is 16.9 Å². The zero-order chi connectivity index (χ0) is 12.6. The van der Waals surface area contributed by atoms with Crippen molar-refractivity contribution in [2.24, 2.45) is 11.8 Å². The topological polar surface area (TPSA) is 83.6 Å². The summed E-state index contributed by atoms with van der Waals surface area (Å²) in [5.41, 5.74) is 0. The van der Waals surface area contributed by atoms with E-state index in [-0.39, 0.29) is 24.3 Å². The van der Waals surface area contributed by atoms with Crippen LogP contribution in [0, 0.1) is 11.8 Å². The number of carboxylic acids is 1. The van der Waals surface area contributed by atoms with Crippen molar-refractivity contribution in [2.75, 3.05) is 4.90 Å². The lowest BCUT2D eigenvalue weighted by Gasteiger charge is -2.27. The molecule has 1 aromatic heterocycles. The first kappa shape index (κ1) is 11.6. The quantitative estimate of drug-likeness (QED) is 0.853. The SMILES string of the molecule is CC(C)[C@@H]1[C@@H](C(=O)O)CC(=O)N1c1ccon1. The molecular weight excluding hydrogens is 224 g/mol. The number of aliphatic carboxylic acids is 1. The Hall–Kier alpha value is -1.85. The van der Waals surface area contributed by atoms with Gasteiger partial charge in [-0.2, -0.15) is 0 Å². The monoisotopic (exact) mass is 238 g/mol. The van der Waals surface area contributed by atoms with Crippen LogP contribution < -0.4 is 4.90 Å². The molecule has 1 aliphatic rings. The average Bonchev–Trinajstić information content (AvgIpc) is 2.83. The molecule has 1 aliphatic heterocycles. The van der Waals surface area contributed by atoms with Crippen molar-refractivity contribution in [2.45, 2.75) is 26.3 Å². The predicted octanol–water partition coefficient (Wildman–Crippen LogP) is 1.14. The van der Waals surface area contributed by atoms with E-state index in [9.17, 15) is 9.59 Å². The molecule has 0 radical (unpaired) electrons. The highest BCUT2D eigenvalue weighted by molar-refractivity contribution is 5.99. The van der Waals surface area contributed by atoms with Gasteiger partial charge >= 0.3 is 5.97 Å². The summed E-state index contributed by atoms with van der Waals surface area (Å²) in [5, 5.41) is 12.9. The molecule has 0 unspecified atom stereocenters. The van der Waals surface area contributed by atoms with Crippen LogP contribution in [0.1, 0.15) is 20.3 Å². The largest absolute Gasteiger partial charge is 0.481 e. The normalized spacial score (nSPS) is 24.6. The average molecular weight is 238 g/mol. The van der Waals surface area contributed by atoms with Gasteiger partial charge in [0.1, 0.15) is 6.26 Å². The van der Waals surface area contributed by atoms with Gasteiger partial charge in [-0.05, 0) is 5.92 Å². The fraction of sp³-hybridized carbons (Fsp3) is 0.545. The zero-order valence-electron chi connectivity index (χ0n) is 9.66. The molecule has 1 fully saturated rings. The van der Waals surface area contributed by atoms with E-state index in [0.717, 1.165) is 0 Å². The van der Waals surface area contributed by atoms with Crippen molar-refractivity contribution >= 4 is 17.7 Å². The van der Waals surface area contributed by atoms with Gasteiger partial charge in [-0.1, -0.05) is 19.0 Å². The standard InChI is InChI=1S/C11H14N2O4/c1-6(2)10-7(11(15)16)5-9(14)13(10)8-3-4-17-12-8/h3-4,6-7,10H,5H2,1-2H3,(H,15,16)/t7-,10+/m0/s1. The second-order valence-electron chi connectivity index (χ2n) is 4.50. The smallest absolute Gasteiger partial charge is 0.309 e. The van der Waals surface area contributed by atoms with Crippen molar-refractivity contribution in [3.05, 3.63) is 12.3 Å². The number of hydrogen-bond donors (Lipinski definition) is 1. The van der Waals surface area contributed by atoms with E-state index >= 15 is 0 Å². The maximum atomic E-state index is 11.9. The molecule has 0 saturated carbocycles. The minimum absolute atomic E-state index is 0.0189. The van der Waals surface area contributed by atoms with Crippen LogP contribution in [0.2, 0.25) is 0 Å². The molecule has 0 spiro atoms. The first-order valence-electron chi connectivity index (χ1n) is 5.47. The number of carboxylic acid groups (broad SMARTS) is 1. The molecule has 0 bridgehead atoms. The lowest BCUT2D eigenvalue weighted by atomic mass is 9.91. The Morgan fingerprint density at radius 1 is 1.65 bits per heavy atom. The maximum Gasteiger partial charge on any atom is 0.309 e. The molecule has 1 aromatic rings. The van der Waals surface area contributed by atoms with Gasteiger partial charge in [0.15, 0.2) is 5.82 Å². The van der Waals surface area contributed by atoms with Crippen molar-refractivity contribution in [3.8, 4) is 0 Å². The van der Waals surface area contributed by atoms with Gasteiger partial charge in [0.2, 0.25) is 5.91 Å². The Morgan fingerprint density at radius 3 is 2.82 bits per heavy atom. The second kappa shape index (κ2) is 4.20. The summed E-state index contributed by atoms with van der Waals surface area (Å²) >= 11 is 0. The molecule has 0 aromatic carbocycles. The Bertz CT molecular complexity index is 427. The molecule has 17 heavy (non-hydrogen) atoms. The summed E-state index contributed by atoms with van der Waals surface area (Å²) in [6, 6.07) is 1.20.